The summed E-state index contributed by atoms with van der Waals surface area (Å²) in [7, 11) is 0. The monoisotopic (exact) mass is 237 g/mol. The predicted molar refractivity (Wildman–Crippen MR) is 71.6 cm³/mol. The highest BCUT2D eigenvalue weighted by atomic mass is 32.1. The van der Waals surface area contributed by atoms with Gasteiger partial charge in [-0.2, -0.15) is 11.3 Å². The number of thiophene rings is 1. The van der Waals surface area contributed by atoms with Crippen molar-refractivity contribution in [1.82, 2.24) is 0 Å². The van der Waals surface area contributed by atoms with Gasteiger partial charge in [0.2, 0.25) is 0 Å². The summed E-state index contributed by atoms with van der Waals surface area (Å²) in [5.74, 6) is 0. The lowest BCUT2D eigenvalue weighted by Gasteiger charge is -2.50. The molecule has 2 rings (SSSR count). The minimum absolute atomic E-state index is 0.120. The molecule has 16 heavy (non-hydrogen) atoms. The molecular weight excluding hydrogens is 214 g/mol. The minimum atomic E-state index is -0.120. The van der Waals surface area contributed by atoms with Gasteiger partial charge in [0.15, 0.2) is 0 Å². The Kier molecular flexibility index (Phi) is 2.71. The van der Waals surface area contributed by atoms with Crippen LogP contribution in [0.3, 0.4) is 0 Å². The summed E-state index contributed by atoms with van der Waals surface area (Å²) in [6, 6.07) is 2.20. The van der Waals surface area contributed by atoms with Crippen LogP contribution in [0.25, 0.3) is 0 Å². The van der Waals surface area contributed by atoms with Gasteiger partial charge in [-0.1, -0.05) is 27.7 Å². The first kappa shape index (κ1) is 12.1. The van der Waals surface area contributed by atoms with Crippen LogP contribution < -0.4 is 5.73 Å². The largest absolute Gasteiger partial charge is 0.321 e. The van der Waals surface area contributed by atoms with E-state index >= 15 is 0 Å². The maximum absolute atomic E-state index is 6.68. The van der Waals surface area contributed by atoms with Crippen molar-refractivity contribution in [1.29, 1.82) is 0 Å². The summed E-state index contributed by atoms with van der Waals surface area (Å²) >= 11 is 1.75. The Morgan fingerprint density at radius 1 is 1.06 bits per heavy atom. The molecule has 1 aromatic rings. The third-order valence-electron chi connectivity index (χ3n) is 3.64. The number of nitrogens with two attached hydrogens (primary N) is 1. The molecule has 2 heteroatoms. The van der Waals surface area contributed by atoms with Gasteiger partial charge in [0.05, 0.1) is 0 Å². The van der Waals surface area contributed by atoms with Crippen molar-refractivity contribution < 1.29 is 0 Å². The first-order valence-corrected chi connectivity index (χ1v) is 6.98. The molecule has 2 N–H and O–H groups in total. The van der Waals surface area contributed by atoms with Gasteiger partial charge in [-0.25, -0.2) is 0 Å². The summed E-state index contributed by atoms with van der Waals surface area (Å²) in [6.07, 6.45) is 3.46. The van der Waals surface area contributed by atoms with Crippen molar-refractivity contribution in [2.24, 2.45) is 16.6 Å². The quantitative estimate of drug-likeness (QED) is 0.780. The van der Waals surface area contributed by atoms with Gasteiger partial charge in [0, 0.05) is 5.54 Å². The molecule has 1 nitrogen and oxygen atoms in total. The number of rotatable bonds is 1. The second-order valence-electron chi connectivity index (χ2n) is 7.03. The third kappa shape index (κ3) is 2.33. The molecule has 0 atom stereocenters. The molecular formula is C14H23NS. The standard InChI is InChI=1S/C14H23NS/c1-12(2)8-13(3,4)10-14(15,9-12)11-5-6-16-7-11/h5-7H,8-10,15H2,1-4H3. The molecule has 0 aliphatic heterocycles. The average Bonchev–Trinajstić information content (AvgIpc) is 2.46. The Bertz CT molecular complexity index is 346. The fourth-order valence-electron chi connectivity index (χ4n) is 3.94. The van der Waals surface area contributed by atoms with E-state index in [4.69, 9.17) is 5.73 Å². The Balaban J connectivity index is 2.35. The molecule has 1 fully saturated rings. The lowest BCUT2D eigenvalue weighted by atomic mass is 9.57. The van der Waals surface area contributed by atoms with Crippen LogP contribution in [0.5, 0.6) is 0 Å². The normalized spacial score (nSPS) is 26.6. The molecule has 1 heterocycles. The molecule has 0 saturated heterocycles. The zero-order valence-electron chi connectivity index (χ0n) is 10.8. The molecule has 1 aliphatic carbocycles. The fraction of sp³-hybridized carbons (Fsp3) is 0.714. The van der Waals surface area contributed by atoms with Gasteiger partial charge in [-0.05, 0) is 52.5 Å². The highest BCUT2D eigenvalue weighted by molar-refractivity contribution is 7.08. The van der Waals surface area contributed by atoms with Crippen molar-refractivity contribution in [2.75, 3.05) is 0 Å². The number of hydrogen-bond donors (Lipinski definition) is 1. The van der Waals surface area contributed by atoms with Crippen LogP contribution in [0.15, 0.2) is 16.8 Å². The highest BCUT2D eigenvalue weighted by Crippen LogP contribution is 2.52. The molecule has 0 amide bonds. The predicted octanol–water partition coefficient (Wildman–Crippen LogP) is 4.14. The lowest BCUT2D eigenvalue weighted by molar-refractivity contribution is 0.0472. The van der Waals surface area contributed by atoms with E-state index in [2.05, 4.69) is 44.5 Å². The van der Waals surface area contributed by atoms with Gasteiger partial charge >= 0.3 is 0 Å². The van der Waals surface area contributed by atoms with E-state index in [1.54, 1.807) is 11.3 Å². The summed E-state index contributed by atoms with van der Waals surface area (Å²) < 4.78 is 0. The smallest absolute Gasteiger partial charge is 0.0428 e. The lowest BCUT2D eigenvalue weighted by Crippen LogP contribution is -2.49. The van der Waals surface area contributed by atoms with Gasteiger partial charge in [-0.15, -0.1) is 0 Å². The third-order valence-corrected chi connectivity index (χ3v) is 4.32. The van der Waals surface area contributed by atoms with E-state index in [0.717, 1.165) is 12.8 Å². The van der Waals surface area contributed by atoms with Crippen LogP contribution in [-0.4, -0.2) is 0 Å². The summed E-state index contributed by atoms with van der Waals surface area (Å²) in [6.45, 7) is 9.40. The van der Waals surface area contributed by atoms with E-state index in [0.29, 0.717) is 10.8 Å². The highest BCUT2D eigenvalue weighted by Gasteiger charge is 2.46. The van der Waals surface area contributed by atoms with E-state index in [9.17, 15) is 0 Å². The zero-order valence-corrected chi connectivity index (χ0v) is 11.7. The van der Waals surface area contributed by atoms with Crippen molar-refractivity contribution in [2.45, 2.75) is 52.5 Å². The van der Waals surface area contributed by atoms with Gasteiger partial charge in [0.25, 0.3) is 0 Å². The van der Waals surface area contributed by atoms with Gasteiger partial charge in [0.1, 0.15) is 0 Å². The van der Waals surface area contributed by atoms with Crippen LogP contribution in [-0.2, 0) is 5.54 Å². The summed E-state index contributed by atoms with van der Waals surface area (Å²) in [5.41, 5.74) is 8.59. The van der Waals surface area contributed by atoms with E-state index in [1.165, 1.54) is 12.0 Å². The first-order valence-electron chi connectivity index (χ1n) is 6.04. The summed E-state index contributed by atoms with van der Waals surface area (Å²) in [4.78, 5) is 0. The minimum Gasteiger partial charge on any atom is -0.321 e. The van der Waals surface area contributed by atoms with Gasteiger partial charge < -0.3 is 5.73 Å². The zero-order chi connectivity index (χ0) is 12.0. The van der Waals surface area contributed by atoms with E-state index < -0.39 is 0 Å². The molecule has 0 bridgehead atoms. The second-order valence-corrected chi connectivity index (χ2v) is 7.81. The maximum atomic E-state index is 6.68. The van der Waals surface area contributed by atoms with E-state index in [1.807, 2.05) is 0 Å². The average molecular weight is 237 g/mol. The second kappa shape index (κ2) is 3.58. The molecule has 1 saturated carbocycles. The molecule has 0 radical (unpaired) electrons. The molecule has 1 aliphatic rings. The van der Waals surface area contributed by atoms with Crippen LogP contribution in [0, 0.1) is 10.8 Å². The number of hydrogen-bond acceptors (Lipinski definition) is 2. The van der Waals surface area contributed by atoms with Crippen molar-refractivity contribution in [3.8, 4) is 0 Å². The van der Waals surface area contributed by atoms with Crippen LogP contribution >= 0.6 is 11.3 Å². The topological polar surface area (TPSA) is 26.0 Å². The van der Waals surface area contributed by atoms with Crippen LogP contribution in [0.4, 0.5) is 0 Å². The Morgan fingerprint density at radius 3 is 2.06 bits per heavy atom. The fourth-order valence-corrected chi connectivity index (χ4v) is 4.71. The van der Waals surface area contributed by atoms with Crippen LogP contribution in [0.2, 0.25) is 0 Å². The van der Waals surface area contributed by atoms with Gasteiger partial charge in [-0.3, -0.25) is 0 Å². The molecule has 0 unspecified atom stereocenters. The van der Waals surface area contributed by atoms with Crippen molar-refractivity contribution in [3.63, 3.8) is 0 Å². The van der Waals surface area contributed by atoms with Crippen molar-refractivity contribution in [3.05, 3.63) is 22.4 Å². The Labute approximate surface area is 103 Å². The molecule has 0 spiro atoms. The Morgan fingerprint density at radius 2 is 1.62 bits per heavy atom. The molecule has 90 valence electrons. The first-order chi connectivity index (χ1) is 7.23. The SMILES string of the molecule is CC1(C)CC(C)(C)CC(N)(c2ccsc2)C1. The Hall–Kier alpha value is -0.340. The summed E-state index contributed by atoms with van der Waals surface area (Å²) in [5, 5.41) is 4.36. The molecule has 1 aromatic heterocycles. The van der Waals surface area contributed by atoms with Crippen molar-refractivity contribution >= 4 is 11.3 Å². The molecule has 0 aromatic carbocycles. The van der Waals surface area contributed by atoms with E-state index in [-0.39, 0.29) is 5.54 Å². The van der Waals surface area contributed by atoms with Crippen LogP contribution in [0.1, 0.15) is 52.5 Å². The maximum Gasteiger partial charge on any atom is 0.0428 e.